The Labute approximate surface area is 278 Å². The molecule has 7 nitrogen and oxygen atoms in total. The average molecular weight is 660 g/mol. The van der Waals surface area contributed by atoms with Crippen molar-refractivity contribution < 1.29 is 18.0 Å². The predicted octanol–water partition coefficient (Wildman–Crippen LogP) is 7.02. The van der Waals surface area contributed by atoms with Gasteiger partial charge < -0.3 is 10.2 Å². The van der Waals surface area contributed by atoms with Gasteiger partial charge in [-0.25, -0.2) is 8.42 Å². The maximum absolute atomic E-state index is 14.7. The normalized spacial score (nSPS) is 12.7. The first-order chi connectivity index (χ1) is 21.9. The fraction of sp³-hybridized carbons (Fsp3) is 0.297. The van der Waals surface area contributed by atoms with Gasteiger partial charge in [0, 0.05) is 24.0 Å². The van der Waals surface area contributed by atoms with E-state index in [1.54, 1.807) is 48.5 Å². The van der Waals surface area contributed by atoms with E-state index in [9.17, 15) is 18.0 Å². The van der Waals surface area contributed by atoms with Crippen LogP contribution < -0.4 is 9.62 Å². The summed E-state index contributed by atoms with van der Waals surface area (Å²) >= 11 is 6.58. The molecule has 0 unspecified atom stereocenters. The van der Waals surface area contributed by atoms with E-state index < -0.39 is 28.5 Å². The molecule has 0 fully saturated rings. The van der Waals surface area contributed by atoms with E-state index in [4.69, 9.17) is 11.6 Å². The van der Waals surface area contributed by atoms with Crippen LogP contribution in [0.1, 0.15) is 48.1 Å². The SMILES string of the molecule is CC[C@H](C)NC(=O)[C@H](Cc1ccccc1)N(Cc1ccccc1Cl)C(=O)CN(c1cc(C)ccc1C)S(=O)(=O)c1ccc(C)cc1. The lowest BCUT2D eigenvalue weighted by atomic mass is 10.0. The van der Waals surface area contributed by atoms with Crippen LogP contribution in [0.5, 0.6) is 0 Å². The van der Waals surface area contributed by atoms with E-state index in [1.807, 2.05) is 83.1 Å². The van der Waals surface area contributed by atoms with Gasteiger partial charge >= 0.3 is 0 Å². The molecule has 4 rings (SSSR count). The summed E-state index contributed by atoms with van der Waals surface area (Å²) in [5, 5.41) is 3.50. The molecule has 2 atom stereocenters. The molecule has 0 bridgehead atoms. The van der Waals surface area contributed by atoms with E-state index in [2.05, 4.69) is 5.32 Å². The number of halogens is 1. The highest BCUT2D eigenvalue weighted by molar-refractivity contribution is 7.92. The number of hydrogen-bond donors (Lipinski definition) is 1. The summed E-state index contributed by atoms with van der Waals surface area (Å²) < 4.78 is 29.8. The molecule has 0 spiro atoms. The van der Waals surface area contributed by atoms with Crippen molar-refractivity contribution in [1.29, 1.82) is 0 Å². The molecule has 0 saturated heterocycles. The van der Waals surface area contributed by atoms with Gasteiger partial charge in [-0.2, -0.15) is 0 Å². The lowest BCUT2D eigenvalue weighted by molar-refractivity contribution is -0.140. The van der Waals surface area contributed by atoms with Crippen molar-refractivity contribution >= 4 is 39.1 Å². The number of sulfonamides is 1. The third-order valence-electron chi connectivity index (χ3n) is 8.09. The van der Waals surface area contributed by atoms with Crippen LogP contribution in [0.2, 0.25) is 5.02 Å². The molecule has 4 aromatic carbocycles. The molecule has 1 N–H and O–H groups in total. The van der Waals surface area contributed by atoms with Crippen molar-refractivity contribution in [2.45, 2.75) is 71.0 Å². The summed E-state index contributed by atoms with van der Waals surface area (Å²) in [5.74, 6) is -0.852. The molecule has 0 aliphatic carbocycles. The van der Waals surface area contributed by atoms with Crippen LogP contribution in [0, 0.1) is 20.8 Å². The van der Waals surface area contributed by atoms with E-state index in [0.29, 0.717) is 28.3 Å². The van der Waals surface area contributed by atoms with Crippen LogP contribution >= 0.6 is 11.6 Å². The first-order valence-electron chi connectivity index (χ1n) is 15.4. The van der Waals surface area contributed by atoms with Gasteiger partial charge in [-0.15, -0.1) is 0 Å². The summed E-state index contributed by atoms with van der Waals surface area (Å²) in [5.41, 5.74) is 4.36. The summed E-state index contributed by atoms with van der Waals surface area (Å²) in [4.78, 5) is 30.2. The first kappa shape index (κ1) is 34.7. The third-order valence-corrected chi connectivity index (χ3v) is 10.2. The summed E-state index contributed by atoms with van der Waals surface area (Å²) in [7, 11) is -4.19. The van der Waals surface area contributed by atoms with Crippen molar-refractivity contribution in [3.63, 3.8) is 0 Å². The topological polar surface area (TPSA) is 86.8 Å². The molecule has 4 aromatic rings. The molecule has 0 heterocycles. The fourth-order valence-electron chi connectivity index (χ4n) is 5.14. The van der Waals surface area contributed by atoms with E-state index in [0.717, 1.165) is 21.0 Å². The minimum Gasteiger partial charge on any atom is -0.352 e. The Balaban J connectivity index is 1.85. The molecule has 46 heavy (non-hydrogen) atoms. The Hall–Kier alpha value is -4.14. The number of nitrogens with one attached hydrogen (secondary N) is 1. The number of aryl methyl sites for hydroxylation is 3. The monoisotopic (exact) mass is 659 g/mol. The van der Waals surface area contributed by atoms with Gasteiger partial charge in [0.1, 0.15) is 12.6 Å². The minimum atomic E-state index is -4.19. The summed E-state index contributed by atoms with van der Waals surface area (Å²) in [6, 6.07) is 27.6. The van der Waals surface area contributed by atoms with Gasteiger partial charge in [-0.05, 0) is 80.6 Å². The van der Waals surface area contributed by atoms with Crippen LogP contribution in [-0.2, 0) is 32.6 Å². The zero-order valence-corrected chi connectivity index (χ0v) is 28.6. The summed E-state index contributed by atoms with van der Waals surface area (Å²) in [6.07, 6.45) is 0.935. The van der Waals surface area contributed by atoms with Crippen molar-refractivity contribution in [3.8, 4) is 0 Å². The van der Waals surface area contributed by atoms with Gasteiger partial charge in [-0.3, -0.25) is 13.9 Å². The van der Waals surface area contributed by atoms with Gasteiger partial charge in [0.15, 0.2) is 0 Å². The number of carbonyl (C=O) groups is 2. The van der Waals surface area contributed by atoms with Crippen LogP contribution in [0.4, 0.5) is 5.69 Å². The number of amides is 2. The van der Waals surface area contributed by atoms with Crippen molar-refractivity contribution in [1.82, 2.24) is 10.2 Å². The zero-order valence-electron chi connectivity index (χ0n) is 27.0. The number of anilines is 1. The van der Waals surface area contributed by atoms with Crippen LogP contribution in [-0.4, -0.2) is 43.8 Å². The molecular formula is C37H42ClN3O4S. The van der Waals surface area contributed by atoms with Crippen LogP contribution in [0.15, 0.2) is 102 Å². The largest absolute Gasteiger partial charge is 0.352 e. The highest BCUT2D eigenvalue weighted by Gasteiger charge is 2.35. The third kappa shape index (κ3) is 8.56. The standard InChI is InChI=1S/C37H42ClN3O4S/c1-6-29(5)39-37(43)35(23-30-12-8-7-9-13-30)40(24-31-14-10-11-15-33(31)38)36(42)25-41(34-22-27(3)16-19-28(34)4)46(44,45)32-20-17-26(2)18-21-32/h7-22,29,35H,6,23-25H2,1-5H3,(H,39,43)/t29-,35-/m0/s1. The highest BCUT2D eigenvalue weighted by atomic mass is 35.5. The Morgan fingerprint density at radius 3 is 2.13 bits per heavy atom. The Bertz CT molecular complexity index is 1760. The number of hydrogen-bond acceptors (Lipinski definition) is 4. The number of carbonyl (C=O) groups excluding carboxylic acids is 2. The van der Waals surface area contributed by atoms with Gasteiger partial charge in [0.25, 0.3) is 10.0 Å². The van der Waals surface area contributed by atoms with E-state index >= 15 is 0 Å². The van der Waals surface area contributed by atoms with Crippen molar-refractivity contribution in [3.05, 3.63) is 130 Å². The number of rotatable bonds is 13. The van der Waals surface area contributed by atoms with Crippen molar-refractivity contribution in [2.24, 2.45) is 0 Å². The Morgan fingerprint density at radius 2 is 1.48 bits per heavy atom. The first-order valence-corrected chi connectivity index (χ1v) is 17.3. The average Bonchev–Trinajstić information content (AvgIpc) is 3.04. The Kier molecular flexibility index (Phi) is 11.7. The molecule has 0 aliphatic heterocycles. The molecule has 0 radical (unpaired) electrons. The smallest absolute Gasteiger partial charge is 0.264 e. The molecule has 9 heteroatoms. The highest BCUT2D eigenvalue weighted by Crippen LogP contribution is 2.29. The quantitative estimate of drug-likeness (QED) is 0.167. The zero-order chi connectivity index (χ0) is 33.4. The minimum absolute atomic E-state index is 0.00908. The van der Waals surface area contributed by atoms with Crippen LogP contribution in [0.25, 0.3) is 0 Å². The molecule has 2 amide bonds. The van der Waals surface area contributed by atoms with E-state index in [1.165, 1.54) is 4.90 Å². The molecule has 0 saturated carbocycles. The molecular weight excluding hydrogens is 618 g/mol. The lowest BCUT2D eigenvalue weighted by Crippen LogP contribution is -2.54. The van der Waals surface area contributed by atoms with Gasteiger partial charge in [-0.1, -0.05) is 96.9 Å². The second kappa shape index (κ2) is 15.4. The van der Waals surface area contributed by atoms with Crippen LogP contribution in [0.3, 0.4) is 0 Å². The van der Waals surface area contributed by atoms with Gasteiger partial charge in [0.05, 0.1) is 10.6 Å². The van der Waals surface area contributed by atoms with Gasteiger partial charge in [0.2, 0.25) is 11.8 Å². The molecule has 242 valence electrons. The number of benzene rings is 4. The maximum Gasteiger partial charge on any atom is 0.264 e. The number of nitrogens with zero attached hydrogens (tertiary/aromatic N) is 2. The summed E-state index contributed by atoms with van der Waals surface area (Å²) in [6.45, 7) is 8.95. The molecule has 0 aliphatic rings. The van der Waals surface area contributed by atoms with Crippen molar-refractivity contribution in [2.75, 3.05) is 10.8 Å². The molecule has 0 aromatic heterocycles. The second-order valence-electron chi connectivity index (χ2n) is 11.8. The maximum atomic E-state index is 14.7. The predicted molar refractivity (Wildman–Crippen MR) is 185 cm³/mol. The van der Waals surface area contributed by atoms with E-state index in [-0.39, 0.29) is 29.8 Å². The second-order valence-corrected chi connectivity index (χ2v) is 14.0. The fourth-order valence-corrected chi connectivity index (χ4v) is 6.81. The lowest BCUT2D eigenvalue weighted by Gasteiger charge is -2.35. The Morgan fingerprint density at radius 1 is 0.848 bits per heavy atom.